The lowest BCUT2D eigenvalue weighted by Gasteiger charge is -2.07. The fourth-order valence-electron chi connectivity index (χ4n) is 2.46. The maximum absolute atomic E-state index is 12.4. The molecule has 25 heavy (non-hydrogen) atoms. The van der Waals surface area contributed by atoms with Gasteiger partial charge in [-0.25, -0.2) is 9.59 Å². The highest BCUT2D eigenvalue weighted by Crippen LogP contribution is 2.10. The molecule has 1 aromatic heterocycles. The molecular weight excluding hydrogens is 344 g/mol. The number of carbonyl (C=O) groups is 1. The Morgan fingerprint density at radius 1 is 1.08 bits per heavy atom. The van der Waals surface area contributed by atoms with Crippen LogP contribution in [-0.2, 0) is 11.3 Å². The number of aromatic nitrogens is 2. The van der Waals surface area contributed by atoms with Gasteiger partial charge in [0.2, 0.25) is 0 Å². The second-order valence-electron chi connectivity index (χ2n) is 5.43. The summed E-state index contributed by atoms with van der Waals surface area (Å²) < 4.78 is 6.26. The average Bonchev–Trinajstić information content (AvgIpc) is 2.61. The maximum Gasteiger partial charge on any atom is 0.338 e. The van der Waals surface area contributed by atoms with Crippen LogP contribution in [-0.4, -0.2) is 22.1 Å². The number of para-hydroxylation sites is 1. The van der Waals surface area contributed by atoms with Gasteiger partial charge in [0, 0.05) is 11.6 Å². The Kier molecular flexibility index (Phi) is 5.00. The van der Waals surface area contributed by atoms with Crippen LogP contribution >= 0.6 is 11.6 Å². The molecule has 1 heterocycles. The van der Waals surface area contributed by atoms with Crippen molar-refractivity contribution < 1.29 is 9.53 Å². The van der Waals surface area contributed by atoms with Crippen LogP contribution in [0.1, 0.15) is 16.8 Å². The summed E-state index contributed by atoms with van der Waals surface area (Å²) in [7, 11) is 0. The molecule has 0 amide bonds. The second-order valence-corrected chi connectivity index (χ2v) is 5.87. The molecule has 7 heteroatoms. The quantitative estimate of drug-likeness (QED) is 0.561. The molecular formula is C18H15ClN2O4. The van der Waals surface area contributed by atoms with Gasteiger partial charge in [-0.3, -0.25) is 9.36 Å². The SMILES string of the molecule is O=C(OCCCn1c(=O)[nH]c2ccccc2c1=O)c1ccc(Cl)cc1. The topological polar surface area (TPSA) is 81.2 Å². The predicted octanol–water partition coefficient (Wildman–Crippen LogP) is 2.59. The van der Waals surface area contributed by atoms with E-state index in [9.17, 15) is 14.4 Å². The minimum absolute atomic E-state index is 0.0974. The van der Waals surface area contributed by atoms with Crippen molar-refractivity contribution in [3.63, 3.8) is 0 Å². The van der Waals surface area contributed by atoms with Crippen molar-refractivity contribution in [1.82, 2.24) is 9.55 Å². The molecule has 6 nitrogen and oxygen atoms in total. The number of rotatable bonds is 5. The lowest BCUT2D eigenvalue weighted by molar-refractivity contribution is 0.0495. The number of aromatic amines is 1. The van der Waals surface area contributed by atoms with Gasteiger partial charge in [0.15, 0.2) is 0 Å². The zero-order valence-electron chi connectivity index (χ0n) is 13.2. The molecule has 0 unspecified atom stereocenters. The smallest absolute Gasteiger partial charge is 0.338 e. The maximum atomic E-state index is 12.4. The lowest BCUT2D eigenvalue weighted by Crippen LogP contribution is -2.35. The molecule has 0 spiro atoms. The first-order chi connectivity index (χ1) is 12.1. The third-order valence-corrected chi connectivity index (χ3v) is 3.98. The molecule has 0 aliphatic heterocycles. The van der Waals surface area contributed by atoms with Crippen LogP contribution < -0.4 is 11.2 Å². The number of hydrogen-bond acceptors (Lipinski definition) is 4. The minimum Gasteiger partial charge on any atom is -0.462 e. The summed E-state index contributed by atoms with van der Waals surface area (Å²) in [6, 6.07) is 13.2. The Hall–Kier alpha value is -2.86. The third kappa shape index (κ3) is 3.80. The first kappa shape index (κ1) is 17.0. The van der Waals surface area contributed by atoms with E-state index in [0.29, 0.717) is 27.9 Å². The van der Waals surface area contributed by atoms with Gasteiger partial charge in [0.25, 0.3) is 5.56 Å². The van der Waals surface area contributed by atoms with Gasteiger partial charge < -0.3 is 9.72 Å². The van der Waals surface area contributed by atoms with E-state index in [0.717, 1.165) is 4.57 Å². The summed E-state index contributed by atoms with van der Waals surface area (Å²) >= 11 is 5.77. The summed E-state index contributed by atoms with van der Waals surface area (Å²) in [6.45, 7) is 0.257. The van der Waals surface area contributed by atoms with Crippen molar-refractivity contribution in [1.29, 1.82) is 0 Å². The van der Waals surface area contributed by atoms with Crippen LogP contribution in [0.3, 0.4) is 0 Å². The van der Waals surface area contributed by atoms with Gasteiger partial charge in [0.05, 0.1) is 23.1 Å². The van der Waals surface area contributed by atoms with E-state index in [1.165, 1.54) is 0 Å². The lowest BCUT2D eigenvalue weighted by atomic mass is 10.2. The van der Waals surface area contributed by atoms with Gasteiger partial charge in [-0.15, -0.1) is 0 Å². The van der Waals surface area contributed by atoms with Gasteiger partial charge >= 0.3 is 11.7 Å². The van der Waals surface area contributed by atoms with Gasteiger partial charge in [-0.05, 0) is 42.8 Å². The molecule has 0 fully saturated rings. The molecule has 0 aliphatic carbocycles. The summed E-state index contributed by atoms with van der Waals surface area (Å²) in [6.07, 6.45) is 0.348. The highest BCUT2D eigenvalue weighted by molar-refractivity contribution is 6.30. The molecule has 0 atom stereocenters. The van der Waals surface area contributed by atoms with E-state index in [1.54, 1.807) is 48.5 Å². The molecule has 0 bridgehead atoms. The number of H-pyrrole nitrogens is 1. The number of esters is 1. The van der Waals surface area contributed by atoms with Crippen LogP contribution in [0.15, 0.2) is 58.1 Å². The predicted molar refractivity (Wildman–Crippen MR) is 95.2 cm³/mol. The molecule has 3 rings (SSSR count). The number of halogens is 1. The molecule has 128 valence electrons. The standard InChI is InChI=1S/C18H15ClN2O4/c19-13-8-6-12(7-9-13)17(23)25-11-3-10-21-16(22)14-4-1-2-5-15(14)20-18(21)24/h1-2,4-9H,3,10-11H2,(H,20,24). The first-order valence-corrected chi connectivity index (χ1v) is 8.08. The van der Waals surface area contributed by atoms with E-state index >= 15 is 0 Å². The second kappa shape index (κ2) is 7.36. The van der Waals surface area contributed by atoms with Crippen molar-refractivity contribution in [3.05, 3.63) is 80.0 Å². The van der Waals surface area contributed by atoms with Crippen molar-refractivity contribution >= 4 is 28.5 Å². The Bertz CT molecular complexity index is 1020. The first-order valence-electron chi connectivity index (χ1n) is 7.71. The van der Waals surface area contributed by atoms with Crippen LogP contribution in [0, 0.1) is 0 Å². The molecule has 3 aromatic rings. The number of ether oxygens (including phenoxy) is 1. The fraction of sp³-hybridized carbons (Fsp3) is 0.167. The van der Waals surface area contributed by atoms with E-state index < -0.39 is 11.7 Å². The Labute approximate surface area is 147 Å². The molecule has 0 saturated heterocycles. The molecule has 2 aromatic carbocycles. The average molecular weight is 359 g/mol. The normalized spacial score (nSPS) is 10.8. The molecule has 0 radical (unpaired) electrons. The summed E-state index contributed by atoms with van der Waals surface area (Å²) in [4.78, 5) is 38.9. The molecule has 0 aliphatic rings. The number of nitrogens with zero attached hydrogens (tertiary/aromatic N) is 1. The van der Waals surface area contributed by atoms with Gasteiger partial charge in [0.1, 0.15) is 0 Å². The summed E-state index contributed by atoms with van der Waals surface area (Å²) in [5.74, 6) is -0.476. The van der Waals surface area contributed by atoms with E-state index in [-0.39, 0.29) is 18.7 Å². The van der Waals surface area contributed by atoms with E-state index in [4.69, 9.17) is 16.3 Å². The van der Waals surface area contributed by atoms with Crippen LogP contribution in [0.25, 0.3) is 10.9 Å². The van der Waals surface area contributed by atoms with Crippen molar-refractivity contribution in [2.75, 3.05) is 6.61 Å². The Morgan fingerprint density at radius 2 is 1.80 bits per heavy atom. The van der Waals surface area contributed by atoms with Crippen molar-refractivity contribution in [2.24, 2.45) is 0 Å². The highest BCUT2D eigenvalue weighted by atomic mass is 35.5. The molecule has 1 N–H and O–H groups in total. The highest BCUT2D eigenvalue weighted by Gasteiger charge is 2.09. The van der Waals surface area contributed by atoms with Crippen LogP contribution in [0.5, 0.6) is 0 Å². The number of nitrogens with one attached hydrogen (secondary N) is 1. The Morgan fingerprint density at radius 3 is 2.56 bits per heavy atom. The summed E-state index contributed by atoms with van der Waals surface area (Å²) in [5.41, 5.74) is 0.0594. The van der Waals surface area contributed by atoms with Crippen molar-refractivity contribution in [3.8, 4) is 0 Å². The van der Waals surface area contributed by atoms with E-state index in [2.05, 4.69) is 4.98 Å². The number of benzene rings is 2. The number of fused-ring (bicyclic) bond motifs is 1. The number of hydrogen-bond donors (Lipinski definition) is 1. The van der Waals surface area contributed by atoms with Crippen molar-refractivity contribution in [2.45, 2.75) is 13.0 Å². The largest absolute Gasteiger partial charge is 0.462 e. The van der Waals surface area contributed by atoms with Crippen LogP contribution in [0.2, 0.25) is 5.02 Å². The number of carbonyl (C=O) groups excluding carboxylic acids is 1. The van der Waals surface area contributed by atoms with Gasteiger partial charge in [-0.2, -0.15) is 0 Å². The van der Waals surface area contributed by atoms with Gasteiger partial charge in [-0.1, -0.05) is 23.7 Å². The zero-order valence-corrected chi connectivity index (χ0v) is 14.0. The summed E-state index contributed by atoms with van der Waals surface area (Å²) in [5, 5.41) is 0.978. The molecule has 0 saturated carbocycles. The van der Waals surface area contributed by atoms with Crippen LogP contribution in [0.4, 0.5) is 0 Å². The monoisotopic (exact) mass is 358 g/mol. The van der Waals surface area contributed by atoms with E-state index in [1.807, 2.05) is 0 Å². The third-order valence-electron chi connectivity index (χ3n) is 3.73. The Balaban J connectivity index is 1.63. The minimum atomic E-state index is -0.479. The zero-order chi connectivity index (χ0) is 17.8. The fourth-order valence-corrected chi connectivity index (χ4v) is 2.58.